The first-order valence-corrected chi connectivity index (χ1v) is 3.61. The number of hydrogen-bond acceptors (Lipinski definition) is 4. The van der Waals surface area contributed by atoms with E-state index in [9.17, 15) is 0 Å². The van der Waals surface area contributed by atoms with E-state index in [-0.39, 0.29) is 19.3 Å². The SMILES string of the molecule is CC(C#N)N(CCO)CCO. The Labute approximate surface area is 66.7 Å². The van der Waals surface area contributed by atoms with E-state index in [1.165, 1.54) is 0 Å². The zero-order valence-electron chi connectivity index (χ0n) is 6.69. The van der Waals surface area contributed by atoms with Crippen LogP contribution >= 0.6 is 0 Å². The molecule has 4 nitrogen and oxygen atoms in total. The van der Waals surface area contributed by atoms with Crippen molar-refractivity contribution >= 4 is 0 Å². The van der Waals surface area contributed by atoms with E-state index in [2.05, 4.69) is 0 Å². The molecule has 1 unspecified atom stereocenters. The van der Waals surface area contributed by atoms with E-state index in [0.717, 1.165) is 0 Å². The second-order valence-corrected chi connectivity index (χ2v) is 2.29. The number of hydrogen-bond donors (Lipinski definition) is 2. The molecular formula is C7H14N2O2. The standard InChI is InChI=1S/C7H14N2O2/c1-7(6-8)9(2-4-10)3-5-11/h7,10-11H,2-5H2,1H3. The van der Waals surface area contributed by atoms with Crippen LogP contribution in [0.4, 0.5) is 0 Å². The monoisotopic (exact) mass is 158 g/mol. The zero-order chi connectivity index (χ0) is 8.69. The van der Waals surface area contributed by atoms with Crippen LogP contribution in [-0.2, 0) is 0 Å². The van der Waals surface area contributed by atoms with Gasteiger partial charge >= 0.3 is 0 Å². The third-order valence-electron chi connectivity index (χ3n) is 1.51. The molecule has 2 N–H and O–H groups in total. The minimum absolute atomic E-state index is 0.0199. The highest BCUT2D eigenvalue weighted by Crippen LogP contribution is 1.95. The maximum absolute atomic E-state index is 8.57. The second kappa shape index (κ2) is 6.10. The molecule has 0 saturated carbocycles. The average molecular weight is 158 g/mol. The highest BCUT2D eigenvalue weighted by atomic mass is 16.3. The lowest BCUT2D eigenvalue weighted by Gasteiger charge is -2.21. The quantitative estimate of drug-likeness (QED) is 0.549. The molecule has 0 bridgehead atoms. The summed E-state index contributed by atoms with van der Waals surface area (Å²) in [6, 6.07) is 1.80. The van der Waals surface area contributed by atoms with Crippen LogP contribution in [0.3, 0.4) is 0 Å². The van der Waals surface area contributed by atoms with Crippen molar-refractivity contribution in [3.8, 4) is 6.07 Å². The predicted octanol–water partition coefficient (Wildman–Crippen LogP) is -0.815. The van der Waals surface area contributed by atoms with Crippen molar-refractivity contribution in [1.29, 1.82) is 5.26 Å². The van der Waals surface area contributed by atoms with Gasteiger partial charge in [-0.2, -0.15) is 5.26 Å². The topological polar surface area (TPSA) is 67.5 Å². The Kier molecular flexibility index (Phi) is 5.75. The van der Waals surface area contributed by atoms with Crippen LogP contribution in [0.1, 0.15) is 6.92 Å². The van der Waals surface area contributed by atoms with Crippen LogP contribution in [0.25, 0.3) is 0 Å². The van der Waals surface area contributed by atoms with E-state index < -0.39 is 0 Å². The number of rotatable bonds is 5. The van der Waals surface area contributed by atoms with Gasteiger partial charge in [-0.1, -0.05) is 0 Å². The third-order valence-corrected chi connectivity index (χ3v) is 1.51. The lowest BCUT2D eigenvalue weighted by Crippen LogP contribution is -2.36. The molecule has 1 atom stereocenters. The second-order valence-electron chi connectivity index (χ2n) is 2.29. The molecule has 0 aliphatic carbocycles. The van der Waals surface area contributed by atoms with Gasteiger partial charge in [-0.25, -0.2) is 0 Å². The fourth-order valence-electron chi connectivity index (χ4n) is 0.838. The summed E-state index contributed by atoms with van der Waals surface area (Å²) in [7, 11) is 0. The molecule has 64 valence electrons. The molecule has 0 aromatic rings. The fourth-order valence-corrected chi connectivity index (χ4v) is 0.838. The molecule has 4 heteroatoms. The first-order chi connectivity index (χ1) is 5.26. The highest BCUT2D eigenvalue weighted by Gasteiger charge is 2.10. The molecule has 0 radical (unpaired) electrons. The molecule has 0 fully saturated rings. The van der Waals surface area contributed by atoms with Gasteiger partial charge in [0.1, 0.15) is 0 Å². The summed E-state index contributed by atoms with van der Waals surface area (Å²) in [5.41, 5.74) is 0. The van der Waals surface area contributed by atoms with Gasteiger partial charge in [0, 0.05) is 13.1 Å². The molecule has 0 heterocycles. The Hall–Kier alpha value is -0.630. The van der Waals surface area contributed by atoms with E-state index in [1.807, 2.05) is 6.07 Å². The number of nitriles is 1. The van der Waals surface area contributed by atoms with Crippen molar-refractivity contribution in [2.45, 2.75) is 13.0 Å². The predicted molar refractivity (Wildman–Crippen MR) is 40.8 cm³/mol. The maximum atomic E-state index is 8.57. The summed E-state index contributed by atoms with van der Waals surface area (Å²) in [4.78, 5) is 1.72. The molecule has 11 heavy (non-hydrogen) atoms. The molecule has 0 rings (SSSR count). The summed E-state index contributed by atoms with van der Waals surface area (Å²) < 4.78 is 0. The summed E-state index contributed by atoms with van der Waals surface area (Å²) >= 11 is 0. The van der Waals surface area contributed by atoms with E-state index in [4.69, 9.17) is 15.5 Å². The van der Waals surface area contributed by atoms with Gasteiger partial charge in [-0.15, -0.1) is 0 Å². The van der Waals surface area contributed by atoms with Crippen LogP contribution in [-0.4, -0.2) is 47.5 Å². The first-order valence-electron chi connectivity index (χ1n) is 3.61. The van der Waals surface area contributed by atoms with Gasteiger partial charge in [0.25, 0.3) is 0 Å². The Balaban J connectivity index is 3.78. The normalized spacial score (nSPS) is 13.0. The third kappa shape index (κ3) is 3.94. The summed E-state index contributed by atoms with van der Waals surface area (Å²) in [5, 5.41) is 25.7. The van der Waals surface area contributed by atoms with Crippen LogP contribution in [0.15, 0.2) is 0 Å². The molecule has 0 aromatic heterocycles. The highest BCUT2D eigenvalue weighted by molar-refractivity contribution is 4.87. The van der Waals surface area contributed by atoms with Gasteiger partial charge < -0.3 is 10.2 Å². The maximum Gasteiger partial charge on any atom is 0.0950 e. The van der Waals surface area contributed by atoms with E-state index in [1.54, 1.807) is 11.8 Å². The van der Waals surface area contributed by atoms with Crippen molar-refractivity contribution in [3.63, 3.8) is 0 Å². The fraction of sp³-hybridized carbons (Fsp3) is 0.857. The molecule has 0 aliphatic heterocycles. The minimum Gasteiger partial charge on any atom is -0.395 e. The van der Waals surface area contributed by atoms with Crippen molar-refractivity contribution in [2.75, 3.05) is 26.3 Å². The molecule has 0 saturated heterocycles. The van der Waals surface area contributed by atoms with Crippen molar-refractivity contribution < 1.29 is 10.2 Å². The minimum atomic E-state index is -0.241. The van der Waals surface area contributed by atoms with Crippen molar-refractivity contribution in [2.24, 2.45) is 0 Å². The molecule has 0 amide bonds. The van der Waals surface area contributed by atoms with Crippen molar-refractivity contribution in [1.82, 2.24) is 4.90 Å². The van der Waals surface area contributed by atoms with Crippen LogP contribution in [0, 0.1) is 11.3 Å². The Morgan fingerprint density at radius 3 is 2.09 bits per heavy atom. The zero-order valence-corrected chi connectivity index (χ0v) is 6.69. The summed E-state index contributed by atoms with van der Waals surface area (Å²) in [5.74, 6) is 0. The van der Waals surface area contributed by atoms with Gasteiger partial charge in [0.05, 0.1) is 25.3 Å². The Morgan fingerprint density at radius 2 is 1.82 bits per heavy atom. The molecular weight excluding hydrogens is 144 g/mol. The van der Waals surface area contributed by atoms with Crippen LogP contribution < -0.4 is 0 Å². The smallest absolute Gasteiger partial charge is 0.0950 e. The van der Waals surface area contributed by atoms with Gasteiger partial charge in [-0.3, -0.25) is 4.90 Å². The largest absolute Gasteiger partial charge is 0.395 e. The molecule has 0 spiro atoms. The Morgan fingerprint density at radius 1 is 1.36 bits per heavy atom. The van der Waals surface area contributed by atoms with Crippen LogP contribution in [0.2, 0.25) is 0 Å². The average Bonchev–Trinajstić information content (AvgIpc) is 2.03. The summed E-state index contributed by atoms with van der Waals surface area (Å²) in [6.07, 6.45) is 0. The number of aliphatic hydroxyl groups is 2. The first kappa shape index (κ1) is 10.4. The Bertz CT molecular complexity index is 127. The van der Waals surface area contributed by atoms with E-state index >= 15 is 0 Å². The van der Waals surface area contributed by atoms with Gasteiger partial charge in [-0.05, 0) is 6.92 Å². The number of aliphatic hydroxyl groups excluding tert-OH is 2. The lowest BCUT2D eigenvalue weighted by molar-refractivity contribution is 0.147. The van der Waals surface area contributed by atoms with Crippen LogP contribution in [0.5, 0.6) is 0 Å². The number of nitrogens with zero attached hydrogens (tertiary/aromatic N) is 2. The molecule has 0 aromatic carbocycles. The van der Waals surface area contributed by atoms with Gasteiger partial charge in [0.2, 0.25) is 0 Å². The van der Waals surface area contributed by atoms with Gasteiger partial charge in [0.15, 0.2) is 0 Å². The lowest BCUT2D eigenvalue weighted by atomic mass is 10.3. The summed E-state index contributed by atoms with van der Waals surface area (Å²) in [6.45, 7) is 2.66. The van der Waals surface area contributed by atoms with E-state index in [0.29, 0.717) is 13.1 Å². The van der Waals surface area contributed by atoms with Crippen molar-refractivity contribution in [3.05, 3.63) is 0 Å². The molecule has 0 aliphatic rings.